The SMILES string of the molecule is NCC(=O)C(CCc1ccccc1)NC(=O)c1cncn1-c1ccccn1. The van der Waals surface area contributed by atoms with Crippen molar-refractivity contribution in [2.24, 2.45) is 5.73 Å². The number of pyridine rings is 1. The van der Waals surface area contributed by atoms with Crippen LogP contribution in [0.2, 0.25) is 0 Å². The van der Waals surface area contributed by atoms with Crippen LogP contribution < -0.4 is 11.1 Å². The zero-order valence-corrected chi connectivity index (χ0v) is 14.8. The Morgan fingerprint density at radius 3 is 2.59 bits per heavy atom. The Bertz CT molecular complexity index is 893. The number of nitrogens with two attached hydrogens (primary N) is 1. The van der Waals surface area contributed by atoms with Gasteiger partial charge in [0.1, 0.15) is 17.8 Å². The molecule has 1 amide bonds. The number of rotatable bonds is 8. The van der Waals surface area contributed by atoms with E-state index in [1.165, 1.54) is 12.5 Å². The molecule has 0 bridgehead atoms. The number of carbonyl (C=O) groups excluding carboxylic acids is 2. The average Bonchev–Trinajstić information content (AvgIpc) is 3.22. The number of nitrogens with one attached hydrogen (secondary N) is 1. The van der Waals surface area contributed by atoms with Gasteiger partial charge in [-0.2, -0.15) is 0 Å². The van der Waals surface area contributed by atoms with E-state index < -0.39 is 11.9 Å². The molecular weight excluding hydrogens is 342 g/mol. The number of hydrogen-bond donors (Lipinski definition) is 2. The molecule has 7 nitrogen and oxygen atoms in total. The first-order valence-corrected chi connectivity index (χ1v) is 8.70. The summed E-state index contributed by atoms with van der Waals surface area (Å²) in [5.74, 6) is -0.0210. The smallest absolute Gasteiger partial charge is 0.270 e. The highest BCUT2D eigenvalue weighted by Gasteiger charge is 2.22. The van der Waals surface area contributed by atoms with Crippen LogP contribution in [0, 0.1) is 0 Å². The fourth-order valence-electron chi connectivity index (χ4n) is 2.79. The Morgan fingerprint density at radius 2 is 1.89 bits per heavy atom. The lowest BCUT2D eigenvalue weighted by atomic mass is 10.0. The minimum atomic E-state index is -0.658. The third kappa shape index (κ3) is 4.65. The largest absolute Gasteiger partial charge is 0.341 e. The first-order valence-electron chi connectivity index (χ1n) is 8.70. The molecule has 1 unspecified atom stereocenters. The highest BCUT2D eigenvalue weighted by molar-refractivity contribution is 5.97. The third-order valence-electron chi connectivity index (χ3n) is 4.23. The number of aryl methyl sites for hydroxylation is 1. The van der Waals surface area contributed by atoms with Crippen molar-refractivity contribution in [1.29, 1.82) is 0 Å². The third-order valence-corrected chi connectivity index (χ3v) is 4.23. The number of benzene rings is 1. The van der Waals surface area contributed by atoms with Gasteiger partial charge in [0.15, 0.2) is 5.78 Å². The van der Waals surface area contributed by atoms with Gasteiger partial charge < -0.3 is 11.1 Å². The van der Waals surface area contributed by atoms with Crippen LogP contribution in [0.3, 0.4) is 0 Å². The van der Waals surface area contributed by atoms with E-state index in [1.807, 2.05) is 36.4 Å². The van der Waals surface area contributed by atoms with E-state index in [-0.39, 0.29) is 12.3 Å². The number of Topliss-reactive ketones (excluding diaryl/α,β-unsaturated/α-hetero) is 1. The number of hydrogen-bond acceptors (Lipinski definition) is 5. The molecule has 0 radical (unpaired) electrons. The molecule has 7 heteroatoms. The minimum Gasteiger partial charge on any atom is -0.341 e. The quantitative estimate of drug-likeness (QED) is 0.632. The summed E-state index contributed by atoms with van der Waals surface area (Å²) in [6.07, 6.45) is 5.74. The van der Waals surface area contributed by atoms with Gasteiger partial charge in [0, 0.05) is 6.20 Å². The summed E-state index contributed by atoms with van der Waals surface area (Å²) in [6.45, 7) is -0.126. The standard InChI is InChI=1S/C20H21N5O2/c21-12-18(26)16(10-9-15-6-2-1-3-7-15)24-20(27)17-13-22-14-25(17)19-8-4-5-11-23-19/h1-8,11,13-14,16H,9-10,12,21H2,(H,24,27). The van der Waals surface area contributed by atoms with E-state index in [2.05, 4.69) is 15.3 Å². The fraction of sp³-hybridized carbons (Fsp3) is 0.200. The number of amides is 1. The van der Waals surface area contributed by atoms with E-state index in [0.29, 0.717) is 24.4 Å². The van der Waals surface area contributed by atoms with E-state index in [1.54, 1.807) is 22.9 Å². The van der Waals surface area contributed by atoms with E-state index >= 15 is 0 Å². The number of ketones is 1. The zero-order valence-electron chi connectivity index (χ0n) is 14.8. The van der Waals surface area contributed by atoms with Crippen LogP contribution in [0.1, 0.15) is 22.5 Å². The van der Waals surface area contributed by atoms with Gasteiger partial charge in [-0.05, 0) is 30.5 Å². The van der Waals surface area contributed by atoms with Crippen LogP contribution in [-0.2, 0) is 11.2 Å². The predicted octanol–water partition coefficient (Wildman–Crippen LogP) is 1.53. The number of aromatic nitrogens is 3. The molecule has 0 aliphatic carbocycles. The van der Waals surface area contributed by atoms with Gasteiger partial charge in [-0.15, -0.1) is 0 Å². The highest BCUT2D eigenvalue weighted by atomic mass is 16.2. The van der Waals surface area contributed by atoms with Crippen LogP contribution in [0.4, 0.5) is 0 Å². The molecule has 2 heterocycles. The van der Waals surface area contributed by atoms with Crippen molar-refractivity contribution in [2.75, 3.05) is 6.54 Å². The maximum Gasteiger partial charge on any atom is 0.270 e. The summed E-state index contributed by atoms with van der Waals surface area (Å²) < 4.78 is 1.58. The fourth-order valence-corrected chi connectivity index (χ4v) is 2.79. The lowest BCUT2D eigenvalue weighted by Crippen LogP contribution is -2.44. The Hall–Kier alpha value is -3.32. The van der Waals surface area contributed by atoms with Crippen molar-refractivity contribution in [1.82, 2.24) is 19.9 Å². The molecule has 138 valence electrons. The normalized spacial score (nSPS) is 11.7. The summed E-state index contributed by atoms with van der Waals surface area (Å²) in [5, 5.41) is 2.79. The van der Waals surface area contributed by atoms with Crippen molar-refractivity contribution >= 4 is 11.7 Å². The van der Waals surface area contributed by atoms with Crippen LogP contribution in [-0.4, -0.2) is 38.8 Å². The molecule has 0 saturated carbocycles. The second-order valence-corrected chi connectivity index (χ2v) is 6.06. The molecular formula is C20H21N5O2. The molecule has 0 aliphatic rings. The second kappa shape index (κ2) is 8.86. The van der Waals surface area contributed by atoms with Crippen molar-refractivity contribution < 1.29 is 9.59 Å². The Morgan fingerprint density at radius 1 is 1.11 bits per heavy atom. The maximum absolute atomic E-state index is 12.7. The van der Waals surface area contributed by atoms with E-state index in [0.717, 1.165) is 5.56 Å². The van der Waals surface area contributed by atoms with E-state index in [9.17, 15) is 9.59 Å². The molecule has 3 N–H and O–H groups in total. The minimum absolute atomic E-state index is 0.126. The molecule has 1 atom stereocenters. The van der Waals surface area contributed by atoms with Crippen molar-refractivity contribution in [3.8, 4) is 5.82 Å². The monoisotopic (exact) mass is 363 g/mol. The lowest BCUT2D eigenvalue weighted by molar-refractivity contribution is -0.119. The molecule has 1 aromatic carbocycles. The highest BCUT2D eigenvalue weighted by Crippen LogP contribution is 2.10. The topological polar surface area (TPSA) is 103 Å². The first-order chi connectivity index (χ1) is 13.2. The summed E-state index contributed by atoms with van der Waals surface area (Å²) in [6, 6.07) is 14.5. The van der Waals surface area contributed by atoms with E-state index in [4.69, 9.17) is 5.73 Å². The van der Waals surface area contributed by atoms with Gasteiger partial charge >= 0.3 is 0 Å². The number of nitrogens with zero attached hydrogens (tertiary/aromatic N) is 3. The molecule has 27 heavy (non-hydrogen) atoms. The van der Waals surface area contributed by atoms with Gasteiger partial charge in [0.05, 0.1) is 18.8 Å². The van der Waals surface area contributed by atoms with Gasteiger partial charge in [-0.3, -0.25) is 14.2 Å². The molecule has 3 rings (SSSR count). The Balaban J connectivity index is 1.73. The molecule has 0 saturated heterocycles. The molecule has 0 spiro atoms. The van der Waals surface area contributed by atoms with Crippen LogP contribution >= 0.6 is 0 Å². The zero-order chi connectivity index (χ0) is 19.1. The number of carbonyl (C=O) groups is 2. The predicted molar refractivity (Wildman–Crippen MR) is 101 cm³/mol. The lowest BCUT2D eigenvalue weighted by Gasteiger charge is -2.17. The molecule has 2 aromatic heterocycles. The van der Waals surface area contributed by atoms with Crippen molar-refractivity contribution in [2.45, 2.75) is 18.9 Å². The first kappa shape index (κ1) is 18.5. The van der Waals surface area contributed by atoms with Gasteiger partial charge in [-0.1, -0.05) is 36.4 Å². The molecule has 3 aromatic rings. The van der Waals surface area contributed by atoms with Crippen LogP contribution in [0.5, 0.6) is 0 Å². The van der Waals surface area contributed by atoms with Crippen LogP contribution in [0.25, 0.3) is 5.82 Å². The maximum atomic E-state index is 12.7. The Labute approximate surface area is 157 Å². The summed E-state index contributed by atoms with van der Waals surface area (Å²) in [4.78, 5) is 33.2. The number of imidazole rings is 1. The van der Waals surface area contributed by atoms with Gasteiger partial charge in [0.25, 0.3) is 5.91 Å². The van der Waals surface area contributed by atoms with Gasteiger partial charge in [-0.25, -0.2) is 9.97 Å². The summed E-state index contributed by atoms with van der Waals surface area (Å²) in [5.41, 5.74) is 6.93. The van der Waals surface area contributed by atoms with Crippen LogP contribution in [0.15, 0.2) is 67.3 Å². The van der Waals surface area contributed by atoms with Gasteiger partial charge in [0.2, 0.25) is 0 Å². The average molecular weight is 363 g/mol. The second-order valence-electron chi connectivity index (χ2n) is 6.06. The molecule has 0 fully saturated rings. The van der Waals surface area contributed by atoms with Crippen molar-refractivity contribution in [3.63, 3.8) is 0 Å². The summed E-state index contributed by atoms with van der Waals surface area (Å²) in [7, 11) is 0. The Kier molecular flexibility index (Phi) is 6.06. The molecule has 0 aliphatic heterocycles. The summed E-state index contributed by atoms with van der Waals surface area (Å²) >= 11 is 0. The van der Waals surface area contributed by atoms with Crippen molar-refractivity contribution in [3.05, 3.63) is 78.5 Å².